The third-order valence-electron chi connectivity index (χ3n) is 5.83. The minimum Gasteiger partial charge on any atom is -0.493 e. The zero-order chi connectivity index (χ0) is 23.3. The minimum atomic E-state index is -0.294. The summed E-state index contributed by atoms with van der Waals surface area (Å²) in [6, 6.07) is 7.32. The second-order valence-electron chi connectivity index (χ2n) is 7.70. The number of hydrogen-bond acceptors (Lipinski definition) is 8. The lowest BCUT2D eigenvalue weighted by Gasteiger charge is -2.26. The standard InChI is InChI=1S/C22H23N7O4/c1-11-19-14(13-6-7-15(31-3)21(33-5)20(13)32-4)10-18(30)23-22(19)29(26-11)17-9-8-16-25-24-12(2)28(16)27-17/h6-9,14H,10H2,1-5H3,(H,23,30). The molecule has 0 saturated carbocycles. The number of benzene rings is 1. The van der Waals surface area contributed by atoms with Crippen LogP contribution in [0.4, 0.5) is 5.82 Å². The van der Waals surface area contributed by atoms with Gasteiger partial charge in [0.1, 0.15) is 5.82 Å². The van der Waals surface area contributed by atoms with Crippen LogP contribution in [0.1, 0.15) is 35.0 Å². The van der Waals surface area contributed by atoms with Crippen LogP contribution in [0.5, 0.6) is 17.2 Å². The van der Waals surface area contributed by atoms with Crippen LogP contribution in [0.15, 0.2) is 24.3 Å². The molecule has 33 heavy (non-hydrogen) atoms. The van der Waals surface area contributed by atoms with Gasteiger partial charge in [0.2, 0.25) is 11.7 Å². The van der Waals surface area contributed by atoms with Crippen LogP contribution in [0.2, 0.25) is 0 Å². The van der Waals surface area contributed by atoms with Crippen LogP contribution in [0, 0.1) is 13.8 Å². The van der Waals surface area contributed by atoms with E-state index in [0.29, 0.717) is 40.4 Å². The van der Waals surface area contributed by atoms with Gasteiger partial charge in [0.05, 0.1) is 27.0 Å². The number of nitrogens with zero attached hydrogens (tertiary/aromatic N) is 6. The Morgan fingerprint density at radius 1 is 0.970 bits per heavy atom. The average Bonchev–Trinajstić information content (AvgIpc) is 3.36. The number of nitrogens with one attached hydrogen (secondary N) is 1. The number of aryl methyl sites for hydroxylation is 2. The smallest absolute Gasteiger partial charge is 0.226 e. The lowest BCUT2D eigenvalue weighted by atomic mass is 9.85. The quantitative estimate of drug-likeness (QED) is 0.494. The number of carbonyl (C=O) groups is 1. The molecule has 0 radical (unpaired) electrons. The molecule has 1 aromatic carbocycles. The van der Waals surface area contributed by atoms with Crippen molar-refractivity contribution < 1.29 is 19.0 Å². The summed E-state index contributed by atoms with van der Waals surface area (Å²) in [5.74, 6) is 2.89. The van der Waals surface area contributed by atoms with Gasteiger partial charge in [-0.15, -0.1) is 15.3 Å². The van der Waals surface area contributed by atoms with Gasteiger partial charge in [-0.2, -0.15) is 14.3 Å². The van der Waals surface area contributed by atoms with Gasteiger partial charge in [0, 0.05) is 23.5 Å². The van der Waals surface area contributed by atoms with Crippen LogP contribution in [0.25, 0.3) is 11.5 Å². The molecule has 0 fully saturated rings. The number of hydrogen-bond donors (Lipinski definition) is 1. The Morgan fingerprint density at radius 2 is 1.76 bits per heavy atom. The number of fused-ring (bicyclic) bond motifs is 2. The van der Waals surface area contributed by atoms with Crippen LogP contribution >= 0.6 is 0 Å². The van der Waals surface area contributed by atoms with E-state index in [0.717, 1.165) is 16.8 Å². The van der Waals surface area contributed by atoms with E-state index in [-0.39, 0.29) is 18.2 Å². The van der Waals surface area contributed by atoms with E-state index in [1.807, 2.05) is 32.0 Å². The van der Waals surface area contributed by atoms with Crippen molar-refractivity contribution in [1.82, 2.24) is 29.6 Å². The summed E-state index contributed by atoms with van der Waals surface area (Å²) in [5.41, 5.74) is 3.11. The topological polar surface area (TPSA) is 118 Å². The second-order valence-corrected chi connectivity index (χ2v) is 7.70. The average molecular weight is 449 g/mol. The van der Waals surface area contributed by atoms with Gasteiger partial charge in [0.15, 0.2) is 28.8 Å². The van der Waals surface area contributed by atoms with Crippen molar-refractivity contribution in [2.75, 3.05) is 26.6 Å². The van der Waals surface area contributed by atoms with Crippen molar-refractivity contribution in [2.45, 2.75) is 26.2 Å². The summed E-state index contributed by atoms with van der Waals surface area (Å²) in [6.07, 6.45) is 0.238. The highest BCUT2D eigenvalue weighted by Crippen LogP contribution is 2.48. The summed E-state index contributed by atoms with van der Waals surface area (Å²) in [7, 11) is 4.70. The predicted octanol–water partition coefficient (Wildman–Crippen LogP) is 2.43. The van der Waals surface area contributed by atoms with E-state index >= 15 is 0 Å². The van der Waals surface area contributed by atoms with Gasteiger partial charge in [-0.1, -0.05) is 6.07 Å². The van der Waals surface area contributed by atoms with Gasteiger partial charge in [-0.25, -0.2) is 0 Å². The Hall–Kier alpha value is -4.15. The molecule has 0 bridgehead atoms. The molecule has 1 amide bonds. The molecule has 1 atom stereocenters. The monoisotopic (exact) mass is 449 g/mol. The van der Waals surface area contributed by atoms with Crippen molar-refractivity contribution in [3.63, 3.8) is 0 Å². The Kier molecular flexibility index (Phi) is 4.88. The maximum absolute atomic E-state index is 12.8. The largest absolute Gasteiger partial charge is 0.493 e. The van der Waals surface area contributed by atoms with Crippen LogP contribution in [-0.2, 0) is 4.79 Å². The van der Waals surface area contributed by atoms with Crippen LogP contribution in [-0.4, -0.2) is 56.8 Å². The molecular formula is C22H23N7O4. The van der Waals surface area contributed by atoms with Crippen LogP contribution < -0.4 is 19.5 Å². The number of amides is 1. The second kappa shape index (κ2) is 7.76. The first kappa shape index (κ1) is 20.7. The Bertz CT molecular complexity index is 1390. The zero-order valence-electron chi connectivity index (χ0n) is 18.9. The zero-order valence-corrected chi connectivity index (χ0v) is 18.9. The highest BCUT2D eigenvalue weighted by Gasteiger charge is 2.35. The molecule has 1 aliphatic rings. The number of carbonyl (C=O) groups excluding carboxylic acids is 1. The number of anilines is 1. The molecule has 0 spiro atoms. The number of ether oxygens (including phenoxy) is 3. The molecule has 0 saturated heterocycles. The maximum atomic E-state index is 12.8. The Morgan fingerprint density at radius 3 is 2.48 bits per heavy atom. The molecule has 3 aromatic heterocycles. The third-order valence-corrected chi connectivity index (χ3v) is 5.83. The highest BCUT2D eigenvalue weighted by atomic mass is 16.5. The SMILES string of the molecule is COc1ccc(C2CC(=O)Nc3c2c(C)nn3-c2ccc3nnc(C)n3n2)c(OC)c1OC. The molecule has 1 unspecified atom stereocenters. The first-order valence-electron chi connectivity index (χ1n) is 10.3. The Labute approximate surface area is 189 Å². The van der Waals surface area contributed by atoms with Gasteiger partial charge >= 0.3 is 0 Å². The fourth-order valence-electron chi connectivity index (χ4n) is 4.38. The fraction of sp³-hybridized carbons (Fsp3) is 0.318. The summed E-state index contributed by atoms with van der Waals surface area (Å²) in [5, 5.41) is 20.4. The number of rotatable bonds is 5. The van der Waals surface area contributed by atoms with Crippen molar-refractivity contribution in [3.8, 4) is 23.1 Å². The van der Waals surface area contributed by atoms with Gasteiger partial charge in [-0.05, 0) is 32.0 Å². The van der Waals surface area contributed by atoms with Gasteiger partial charge in [0.25, 0.3) is 0 Å². The summed E-state index contributed by atoms with van der Waals surface area (Å²) in [4.78, 5) is 12.8. The molecule has 0 aliphatic carbocycles. The molecule has 1 N–H and O–H groups in total. The van der Waals surface area contributed by atoms with Gasteiger partial charge in [-0.3, -0.25) is 4.79 Å². The highest BCUT2D eigenvalue weighted by molar-refractivity contribution is 5.95. The molecule has 170 valence electrons. The predicted molar refractivity (Wildman–Crippen MR) is 119 cm³/mol. The molecule has 11 nitrogen and oxygen atoms in total. The lowest BCUT2D eigenvalue weighted by molar-refractivity contribution is -0.116. The molecule has 4 aromatic rings. The summed E-state index contributed by atoms with van der Waals surface area (Å²) >= 11 is 0. The maximum Gasteiger partial charge on any atom is 0.226 e. The van der Waals surface area contributed by atoms with E-state index in [9.17, 15) is 4.79 Å². The minimum absolute atomic E-state index is 0.132. The third kappa shape index (κ3) is 3.15. The molecular weight excluding hydrogens is 426 g/mol. The fourth-order valence-corrected chi connectivity index (χ4v) is 4.38. The first-order valence-corrected chi connectivity index (χ1v) is 10.3. The van der Waals surface area contributed by atoms with Gasteiger partial charge < -0.3 is 19.5 Å². The van der Waals surface area contributed by atoms with E-state index < -0.39 is 0 Å². The molecule has 5 rings (SSSR count). The molecule has 1 aliphatic heterocycles. The molecule has 4 heterocycles. The van der Waals surface area contributed by atoms with E-state index in [1.54, 1.807) is 36.6 Å². The number of methoxy groups -OCH3 is 3. The van der Waals surface area contributed by atoms with Crippen molar-refractivity contribution in [1.29, 1.82) is 0 Å². The van der Waals surface area contributed by atoms with Crippen molar-refractivity contribution in [2.24, 2.45) is 0 Å². The number of aromatic nitrogens is 6. The summed E-state index contributed by atoms with van der Waals surface area (Å²) in [6.45, 7) is 3.73. The summed E-state index contributed by atoms with van der Waals surface area (Å²) < 4.78 is 20.0. The van der Waals surface area contributed by atoms with Crippen molar-refractivity contribution in [3.05, 3.63) is 46.9 Å². The van der Waals surface area contributed by atoms with Crippen LogP contribution in [0.3, 0.4) is 0 Å². The lowest BCUT2D eigenvalue weighted by Crippen LogP contribution is -2.25. The molecule has 11 heteroatoms. The van der Waals surface area contributed by atoms with E-state index in [2.05, 4.69) is 20.6 Å². The van der Waals surface area contributed by atoms with E-state index in [4.69, 9.17) is 19.3 Å². The Balaban J connectivity index is 1.69. The van der Waals surface area contributed by atoms with Crippen molar-refractivity contribution >= 4 is 17.4 Å². The van der Waals surface area contributed by atoms with E-state index in [1.165, 1.54) is 0 Å². The normalized spacial score (nSPS) is 15.3. The first-order chi connectivity index (χ1) is 16.0.